The monoisotopic (exact) mass is 234 g/mol. The van der Waals surface area contributed by atoms with E-state index in [1.54, 1.807) is 4.90 Å². The molecule has 1 aliphatic rings. The van der Waals surface area contributed by atoms with Gasteiger partial charge >= 0.3 is 12.0 Å². The van der Waals surface area contributed by atoms with E-state index in [1.165, 1.54) is 4.90 Å². The summed E-state index contributed by atoms with van der Waals surface area (Å²) in [7, 11) is 0. The number of carbonyl (C=O) groups is 2. The molecule has 17 heavy (non-hydrogen) atoms. The molecule has 2 amide bonds. The summed E-state index contributed by atoms with van der Waals surface area (Å²) < 4.78 is 0. The van der Waals surface area contributed by atoms with Crippen LogP contribution < -0.4 is 4.90 Å². The average Bonchev–Trinajstić information content (AvgIpc) is 2.61. The molecule has 1 aromatic rings. The molecule has 1 N–H and O–H groups in total. The van der Waals surface area contributed by atoms with Gasteiger partial charge in [-0.3, -0.25) is 9.69 Å². The number of hydrogen-bond donors (Lipinski definition) is 1. The van der Waals surface area contributed by atoms with Crippen LogP contribution in [0, 0.1) is 6.92 Å². The number of urea groups is 1. The fourth-order valence-electron chi connectivity index (χ4n) is 1.86. The number of rotatable bonds is 3. The maximum Gasteiger partial charge on any atom is 0.325 e. The first-order valence-corrected chi connectivity index (χ1v) is 5.43. The van der Waals surface area contributed by atoms with Crippen LogP contribution in [0.2, 0.25) is 0 Å². The number of amides is 2. The van der Waals surface area contributed by atoms with E-state index in [9.17, 15) is 9.59 Å². The van der Waals surface area contributed by atoms with Gasteiger partial charge in [-0.1, -0.05) is 17.7 Å². The third-order valence-electron chi connectivity index (χ3n) is 2.77. The molecule has 0 atom stereocenters. The minimum atomic E-state index is -0.982. The number of carboxylic acids is 1. The molecule has 0 aliphatic carbocycles. The van der Waals surface area contributed by atoms with Crippen molar-refractivity contribution in [1.29, 1.82) is 0 Å². The lowest BCUT2D eigenvalue weighted by Crippen LogP contribution is -2.35. The maximum absolute atomic E-state index is 11.9. The standard InChI is InChI=1S/C12H14N2O3/c1-9-2-4-10(5-3-9)14-7-6-13(12(14)17)8-11(15)16/h2-5H,6-8H2,1H3,(H,15,16). The van der Waals surface area contributed by atoms with Crippen molar-refractivity contribution in [2.75, 3.05) is 24.5 Å². The Hall–Kier alpha value is -2.04. The van der Waals surface area contributed by atoms with Gasteiger partial charge in [0.05, 0.1) is 0 Å². The molecule has 90 valence electrons. The lowest BCUT2D eigenvalue weighted by Gasteiger charge is -2.17. The second kappa shape index (κ2) is 4.45. The molecule has 1 saturated heterocycles. The molecule has 5 nitrogen and oxygen atoms in total. The van der Waals surface area contributed by atoms with Crippen LogP contribution in [0.1, 0.15) is 5.56 Å². The van der Waals surface area contributed by atoms with Crippen LogP contribution in [-0.4, -0.2) is 41.6 Å². The van der Waals surface area contributed by atoms with Crippen LogP contribution in [0.15, 0.2) is 24.3 Å². The second-order valence-electron chi connectivity index (χ2n) is 4.09. The zero-order chi connectivity index (χ0) is 12.4. The van der Waals surface area contributed by atoms with Crippen LogP contribution in [0.3, 0.4) is 0 Å². The van der Waals surface area contributed by atoms with Gasteiger partial charge in [0.25, 0.3) is 0 Å². The largest absolute Gasteiger partial charge is 0.480 e. The Morgan fingerprint density at radius 3 is 2.53 bits per heavy atom. The van der Waals surface area contributed by atoms with E-state index in [0.717, 1.165) is 11.3 Å². The summed E-state index contributed by atoms with van der Waals surface area (Å²) in [6, 6.07) is 7.37. The molecule has 1 heterocycles. The molecule has 1 aliphatic heterocycles. The normalized spacial score (nSPS) is 15.5. The minimum absolute atomic E-state index is 0.235. The smallest absolute Gasteiger partial charge is 0.325 e. The van der Waals surface area contributed by atoms with Gasteiger partial charge in [0, 0.05) is 18.8 Å². The van der Waals surface area contributed by atoms with Crippen molar-refractivity contribution < 1.29 is 14.7 Å². The molecule has 1 aromatic carbocycles. The van der Waals surface area contributed by atoms with Gasteiger partial charge in [0.15, 0.2) is 0 Å². The number of carboxylic acid groups (broad SMARTS) is 1. The molecule has 0 aromatic heterocycles. The highest BCUT2D eigenvalue weighted by Crippen LogP contribution is 2.20. The maximum atomic E-state index is 11.9. The quantitative estimate of drug-likeness (QED) is 0.858. The molecular weight excluding hydrogens is 220 g/mol. The first-order chi connectivity index (χ1) is 8.08. The van der Waals surface area contributed by atoms with Crippen molar-refractivity contribution in [2.24, 2.45) is 0 Å². The number of aliphatic carboxylic acids is 1. The minimum Gasteiger partial charge on any atom is -0.480 e. The Labute approximate surface area is 99.3 Å². The van der Waals surface area contributed by atoms with Crippen molar-refractivity contribution in [3.8, 4) is 0 Å². The topological polar surface area (TPSA) is 60.9 Å². The average molecular weight is 234 g/mol. The zero-order valence-electron chi connectivity index (χ0n) is 9.59. The van der Waals surface area contributed by atoms with Gasteiger partial charge in [-0.2, -0.15) is 0 Å². The Bertz CT molecular complexity index is 442. The van der Waals surface area contributed by atoms with Crippen molar-refractivity contribution in [2.45, 2.75) is 6.92 Å². The zero-order valence-corrected chi connectivity index (χ0v) is 9.59. The van der Waals surface area contributed by atoms with Crippen molar-refractivity contribution in [3.05, 3.63) is 29.8 Å². The number of aryl methyl sites for hydroxylation is 1. The Morgan fingerprint density at radius 1 is 1.29 bits per heavy atom. The summed E-state index contributed by atoms with van der Waals surface area (Å²) in [5.41, 5.74) is 1.94. The molecule has 0 spiro atoms. The molecule has 0 radical (unpaired) electrons. The van der Waals surface area contributed by atoms with E-state index in [1.807, 2.05) is 31.2 Å². The third-order valence-corrected chi connectivity index (χ3v) is 2.77. The summed E-state index contributed by atoms with van der Waals surface area (Å²) in [6.45, 7) is 2.74. The fourth-order valence-corrected chi connectivity index (χ4v) is 1.86. The highest BCUT2D eigenvalue weighted by Gasteiger charge is 2.30. The lowest BCUT2D eigenvalue weighted by atomic mass is 10.2. The number of nitrogens with zero attached hydrogens (tertiary/aromatic N) is 2. The highest BCUT2D eigenvalue weighted by molar-refractivity contribution is 5.95. The molecule has 0 saturated carbocycles. The Balaban J connectivity index is 2.12. The molecule has 0 bridgehead atoms. The molecule has 1 fully saturated rings. The summed E-state index contributed by atoms with van der Waals surface area (Å²) >= 11 is 0. The van der Waals surface area contributed by atoms with E-state index >= 15 is 0 Å². The second-order valence-corrected chi connectivity index (χ2v) is 4.09. The van der Waals surface area contributed by atoms with Crippen molar-refractivity contribution in [1.82, 2.24) is 4.90 Å². The number of carbonyl (C=O) groups excluding carboxylic acids is 1. The van der Waals surface area contributed by atoms with Crippen molar-refractivity contribution in [3.63, 3.8) is 0 Å². The van der Waals surface area contributed by atoms with Crippen LogP contribution in [0.5, 0.6) is 0 Å². The number of benzene rings is 1. The predicted molar refractivity (Wildman–Crippen MR) is 63.1 cm³/mol. The number of hydrogen-bond acceptors (Lipinski definition) is 2. The van der Waals surface area contributed by atoms with Gasteiger partial charge in [0.1, 0.15) is 6.54 Å². The van der Waals surface area contributed by atoms with E-state index < -0.39 is 5.97 Å². The highest BCUT2D eigenvalue weighted by atomic mass is 16.4. The summed E-state index contributed by atoms with van der Waals surface area (Å²) in [5.74, 6) is -0.982. The Kier molecular flexibility index (Phi) is 2.99. The molecule has 0 unspecified atom stereocenters. The van der Waals surface area contributed by atoms with Crippen LogP contribution in [0.25, 0.3) is 0 Å². The Morgan fingerprint density at radius 2 is 1.94 bits per heavy atom. The van der Waals surface area contributed by atoms with Crippen LogP contribution >= 0.6 is 0 Å². The van der Waals surface area contributed by atoms with Gasteiger partial charge in [0.2, 0.25) is 0 Å². The lowest BCUT2D eigenvalue weighted by molar-refractivity contribution is -0.137. The third kappa shape index (κ3) is 2.38. The summed E-state index contributed by atoms with van der Waals surface area (Å²) in [5, 5.41) is 8.67. The summed E-state index contributed by atoms with van der Waals surface area (Å²) in [6.07, 6.45) is 0. The number of anilines is 1. The van der Waals surface area contributed by atoms with E-state index in [0.29, 0.717) is 13.1 Å². The molecular formula is C12H14N2O3. The van der Waals surface area contributed by atoms with Gasteiger partial charge in [-0.25, -0.2) is 4.79 Å². The van der Waals surface area contributed by atoms with E-state index in [4.69, 9.17) is 5.11 Å². The van der Waals surface area contributed by atoms with Crippen molar-refractivity contribution >= 4 is 17.7 Å². The fraction of sp³-hybridized carbons (Fsp3) is 0.333. The summed E-state index contributed by atoms with van der Waals surface area (Å²) in [4.78, 5) is 25.4. The van der Waals surface area contributed by atoms with Gasteiger partial charge in [-0.05, 0) is 19.1 Å². The van der Waals surface area contributed by atoms with Crippen LogP contribution in [-0.2, 0) is 4.79 Å². The first-order valence-electron chi connectivity index (χ1n) is 5.43. The predicted octanol–water partition coefficient (Wildman–Crippen LogP) is 1.32. The molecule has 5 heteroatoms. The first kappa shape index (κ1) is 11.4. The van der Waals surface area contributed by atoms with Crippen LogP contribution in [0.4, 0.5) is 10.5 Å². The molecule has 2 rings (SSSR count). The van der Waals surface area contributed by atoms with Gasteiger partial charge < -0.3 is 10.0 Å². The SMILES string of the molecule is Cc1ccc(N2CCN(CC(=O)O)C2=O)cc1. The van der Waals surface area contributed by atoms with E-state index in [-0.39, 0.29) is 12.6 Å². The van der Waals surface area contributed by atoms with E-state index in [2.05, 4.69) is 0 Å². The van der Waals surface area contributed by atoms with Gasteiger partial charge in [-0.15, -0.1) is 0 Å².